The molecule has 3 aromatic carbocycles. The molecule has 0 aliphatic rings. The highest BCUT2D eigenvalue weighted by Gasteiger charge is 2.07. The number of benzene rings is 3. The maximum absolute atomic E-state index is 12.2. The van der Waals surface area contributed by atoms with Crippen molar-refractivity contribution in [2.75, 3.05) is 0 Å². The average Bonchev–Trinajstić information content (AvgIpc) is 2.75. The van der Waals surface area contributed by atoms with E-state index in [0.29, 0.717) is 11.3 Å². The van der Waals surface area contributed by atoms with Crippen LogP contribution in [0.4, 0.5) is 5.69 Å². The maximum Gasteiger partial charge on any atom is 0.269 e. The Labute approximate surface area is 180 Å². The quantitative estimate of drug-likeness (QED) is 0.332. The standard InChI is InChI=1S/C24H23N3O4/c1-17-7-10-20(18(2)13-17)14-24(28)26-25-15-21-5-3-4-6-23(21)31-16-19-8-11-22(12-9-19)27(29)30/h3-13,15H,14,16H2,1-2H3,(H,26,28)/b25-15-. The van der Waals surface area contributed by atoms with E-state index >= 15 is 0 Å². The summed E-state index contributed by atoms with van der Waals surface area (Å²) >= 11 is 0. The van der Waals surface area contributed by atoms with Crippen molar-refractivity contribution in [1.82, 2.24) is 5.43 Å². The van der Waals surface area contributed by atoms with Gasteiger partial charge >= 0.3 is 0 Å². The molecule has 7 nitrogen and oxygen atoms in total. The van der Waals surface area contributed by atoms with Gasteiger partial charge in [0.05, 0.1) is 17.6 Å². The van der Waals surface area contributed by atoms with Gasteiger partial charge < -0.3 is 4.74 Å². The van der Waals surface area contributed by atoms with E-state index in [-0.39, 0.29) is 24.6 Å². The summed E-state index contributed by atoms with van der Waals surface area (Å²) in [5.41, 5.74) is 7.29. The van der Waals surface area contributed by atoms with Gasteiger partial charge in [0.25, 0.3) is 5.69 Å². The van der Waals surface area contributed by atoms with Crippen molar-refractivity contribution in [2.45, 2.75) is 26.9 Å². The Balaban J connectivity index is 1.58. The number of rotatable bonds is 8. The third-order valence-corrected chi connectivity index (χ3v) is 4.70. The summed E-state index contributed by atoms with van der Waals surface area (Å²) in [4.78, 5) is 22.5. The molecule has 31 heavy (non-hydrogen) atoms. The lowest BCUT2D eigenvalue weighted by Crippen LogP contribution is -2.20. The van der Waals surface area contributed by atoms with Crippen molar-refractivity contribution < 1.29 is 14.5 Å². The molecule has 0 saturated carbocycles. The second-order valence-electron chi connectivity index (χ2n) is 7.15. The number of hydrogen-bond donors (Lipinski definition) is 1. The number of carbonyl (C=O) groups excluding carboxylic acids is 1. The zero-order valence-electron chi connectivity index (χ0n) is 17.4. The summed E-state index contributed by atoms with van der Waals surface area (Å²) in [7, 11) is 0. The van der Waals surface area contributed by atoms with Gasteiger partial charge in [-0.1, -0.05) is 35.9 Å². The van der Waals surface area contributed by atoms with Gasteiger partial charge in [-0.15, -0.1) is 0 Å². The third kappa shape index (κ3) is 6.24. The van der Waals surface area contributed by atoms with E-state index in [0.717, 1.165) is 22.3 Å². The smallest absolute Gasteiger partial charge is 0.269 e. The van der Waals surface area contributed by atoms with Crippen LogP contribution >= 0.6 is 0 Å². The Kier molecular flexibility index (Phi) is 7.11. The van der Waals surface area contributed by atoms with Crippen LogP contribution < -0.4 is 10.2 Å². The molecular formula is C24H23N3O4. The van der Waals surface area contributed by atoms with Crippen molar-refractivity contribution in [3.05, 3.63) is 105 Å². The Morgan fingerprint density at radius 1 is 1.10 bits per heavy atom. The second kappa shape index (κ2) is 10.2. The molecule has 0 atom stereocenters. The van der Waals surface area contributed by atoms with Crippen LogP contribution in [0.5, 0.6) is 5.75 Å². The van der Waals surface area contributed by atoms with Crippen LogP contribution in [0.2, 0.25) is 0 Å². The number of nitrogens with zero attached hydrogens (tertiary/aromatic N) is 2. The molecule has 1 amide bonds. The predicted molar refractivity (Wildman–Crippen MR) is 119 cm³/mol. The normalized spacial score (nSPS) is 10.8. The van der Waals surface area contributed by atoms with Crippen LogP contribution in [-0.2, 0) is 17.8 Å². The molecule has 0 saturated heterocycles. The predicted octanol–water partition coefficient (Wildman–Crippen LogP) is 4.48. The summed E-state index contributed by atoms with van der Waals surface area (Å²) in [5.74, 6) is 0.390. The van der Waals surface area contributed by atoms with Crippen molar-refractivity contribution in [1.29, 1.82) is 0 Å². The first-order valence-electron chi connectivity index (χ1n) is 9.75. The number of non-ortho nitro benzene ring substituents is 1. The summed E-state index contributed by atoms with van der Waals surface area (Å²) in [6, 6.07) is 19.5. The van der Waals surface area contributed by atoms with Gasteiger partial charge in [-0.05, 0) is 54.8 Å². The molecule has 3 aromatic rings. The van der Waals surface area contributed by atoms with Gasteiger partial charge in [-0.3, -0.25) is 14.9 Å². The first kappa shape index (κ1) is 21.7. The van der Waals surface area contributed by atoms with Crippen LogP contribution in [0.15, 0.2) is 71.8 Å². The highest BCUT2D eigenvalue weighted by Crippen LogP contribution is 2.19. The first-order chi connectivity index (χ1) is 14.9. The van der Waals surface area contributed by atoms with Crippen molar-refractivity contribution in [2.24, 2.45) is 5.10 Å². The average molecular weight is 417 g/mol. The molecule has 0 radical (unpaired) electrons. The van der Waals surface area contributed by atoms with Crippen molar-refractivity contribution >= 4 is 17.8 Å². The summed E-state index contributed by atoms with van der Waals surface area (Å²) in [6.45, 7) is 4.25. The molecule has 0 fully saturated rings. The van der Waals surface area contributed by atoms with E-state index in [2.05, 4.69) is 10.5 Å². The topological polar surface area (TPSA) is 93.8 Å². The fraction of sp³-hybridized carbons (Fsp3) is 0.167. The first-order valence-corrected chi connectivity index (χ1v) is 9.75. The molecule has 7 heteroatoms. The molecule has 158 valence electrons. The van der Waals surface area contributed by atoms with Gasteiger partial charge in [0, 0.05) is 17.7 Å². The van der Waals surface area contributed by atoms with Crippen LogP contribution in [0.3, 0.4) is 0 Å². The minimum Gasteiger partial charge on any atom is -0.488 e. The number of para-hydroxylation sites is 1. The Morgan fingerprint density at radius 3 is 2.55 bits per heavy atom. The molecular weight excluding hydrogens is 394 g/mol. The van der Waals surface area contributed by atoms with Crippen LogP contribution in [-0.4, -0.2) is 17.0 Å². The molecule has 3 rings (SSSR count). The number of hydrazone groups is 1. The SMILES string of the molecule is Cc1ccc(CC(=O)N/N=C\c2ccccc2OCc2ccc([N+](=O)[O-])cc2)c(C)c1. The van der Waals surface area contributed by atoms with Gasteiger partial charge in [-0.2, -0.15) is 5.10 Å². The van der Waals surface area contributed by atoms with Crippen molar-refractivity contribution in [3.63, 3.8) is 0 Å². The summed E-state index contributed by atoms with van der Waals surface area (Å²) in [5, 5.41) is 14.8. The monoisotopic (exact) mass is 417 g/mol. The van der Waals surface area contributed by atoms with E-state index in [9.17, 15) is 14.9 Å². The molecule has 1 N–H and O–H groups in total. The zero-order valence-corrected chi connectivity index (χ0v) is 17.4. The largest absolute Gasteiger partial charge is 0.488 e. The Hall–Kier alpha value is -4.00. The fourth-order valence-corrected chi connectivity index (χ4v) is 3.02. The number of nitro benzene ring substituents is 1. The molecule has 0 aliphatic carbocycles. The van der Waals surface area contributed by atoms with E-state index in [1.807, 2.05) is 50.2 Å². The lowest BCUT2D eigenvalue weighted by molar-refractivity contribution is -0.384. The summed E-state index contributed by atoms with van der Waals surface area (Å²) in [6.07, 6.45) is 1.78. The fourth-order valence-electron chi connectivity index (χ4n) is 3.02. The van der Waals surface area contributed by atoms with Gasteiger partial charge in [0.2, 0.25) is 5.91 Å². The molecule has 0 aliphatic heterocycles. The number of aryl methyl sites for hydroxylation is 2. The van der Waals surface area contributed by atoms with Gasteiger partial charge in [0.15, 0.2) is 0 Å². The van der Waals surface area contributed by atoms with Crippen LogP contribution in [0.1, 0.15) is 27.8 Å². The lowest BCUT2D eigenvalue weighted by Gasteiger charge is -2.09. The molecule has 0 spiro atoms. The number of carbonyl (C=O) groups is 1. The van der Waals surface area contributed by atoms with Crippen molar-refractivity contribution in [3.8, 4) is 5.75 Å². The number of nitrogens with one attached hydrogen (secondary N) is 1. The Morgan fingerprint density at radius 2 is 1.84 bits per heavy atom. The van der Waals surface area contributed by atoms with E-state index in [1.54, 1.807) is 18.2 Å². The molecule has 0 heterocycles. The molecule has 0 bridgehead atoms. The molecule has 0 unspecified atom stereocenters. The number of hydrogen-bond acceptors (Lipinski definition) is 5. The summed E-state index contributed by atoms with van der Waals surface area (Å²) < 4.78 is 5.83. The minimum absolute atomic E-state index is 0.0351. The minimum atomic E-state index is -0.440. The van der Waals surface area contributed by atoms with Crippen LogP contribution in [0.25, 0.3) is 0 Å². The van der Waals surface area contributed by atoms with Crippen LogP contribution in [0, 0.1) is 24.0 Å². The number of ether oxygens (including phenoxy) is 1. The lowest BCUT2D eigenvalue weighted by atomic mass is 10.0. The maximum atomic E-state index is 12.2. The highest BCUT2D eigenvalue weighted by molar-refractivity contribution is 5.85. The van der Waals surface area contributed by atoms with Gasteiger partial charge in [-0.25, -0.2) is 5.43 Å². The van der Waals surface area contributed by atoms with E-state index in [1.165, 1.54) is 18.3 Å². The number of amides is 1. The Bertz CT molecular complexity index is 1110. The highest BCUT2D eigenvalue weighted by atomic mass is 16.6. The second-order valence-corrected chi connectivity index (χ2v) is 7.15. The third-order valence-electron chi connectivity index (χ3n) is 4.70. The van der Waals surface area contributed by atoms with E-state index in [4.69, 9.17) is 4.74 Å². The molecule has 0 aromatic heterocycles. The van der Waals surface area contributed by atoms with E-state index < -0.39 is 4.92 Å². The zero-order chi connectivity index (χ0) is 22.2. The van der Waals surface area contributed by atoms with Gasteiger partial charge in [0.1, 0.15) is 12.4 Å². The number of nitro groups is 1.